The molecule has 0 unspecified atom stereocenters. The van der Waals surface area contributed by atoms with Crippen LogP contribution in [0.1, 0.15) is 127 Å². The van der Waals surface area contributed by atoms with Crippen molar-refractivity contribution in [2.75, 3.05) is 38.7 Å². The van der Waals surface area contributed by atoms with Gasteiger partial charge in [0.15, 0.2) is 0 Å². The van der Waals surface area contributed by atoms with Crippen LogP contribution < -0.4 is 11.1 Å². The summed E-state index contributed by atoms with van der Waals surface area (Å²) < 4.78 is 0. The number of likely N-dealkylation sites (N-methyl/N-ethyl adjacent to an activating group) is 1. The first-order valence-electron chi connectivity index (χ1n) is 18.3. The quantitative estimate of drug-likeness (QED) is 0.118. The summed E-state index contributed by atoms with van der Waals surface area (Å²) >= 11 is 2.97. The van der Waals surface area contributed by atoms with Crippen molar-refractivity contribution in [1.82, 2.24) is 20.0 Å². The maximum absolute atomic E-state index is 14.6. The van der Waals surface area contributed by atoms with Gasteiger partial charge in [-0.1, -0.05) is 53.4 Å². The predicted octanol–water partition coefficient (Wildman–Crippen LogP) is 6.18. The minimum Gasteiger partial charge on any atom is -0.355 e. The lowest BCUT2D eigenvalue weighted by atomic mass is 9.82. The molecular weight excluding hydrogens is 671 g/mol. The number of benzene rings is 2. The molecule has 3 N–H and O–H groups in total. The molecule has 1 saturated carbocycles. The highest BCUT2D eigenvalue weighted by Crippen LogP contribution is 2.46. The molecule has 2 aliphatic heterocycles. The van der Waals surface area contributed by atoms with Gasteiger partial charge in [0.05, 0.1) is 23.2 Å². The molecule has 12 heteroatoms. The molecule has 10 nitrogen and oxygen atoms in total. The Morgan fingerprint density at radius 3 is 2.04 bits per heavy atom. The first kappa shape index (κ1) is 38.3. The number of nitrogens with zero attached hydrogens (tertiary/aromatic N) is 3. The summed E-state index contributed by atoms with van der Waals surface area (Å²) in [7, 11) is 4.01. The minimum atomic E-state index is -0.505. The molecule has 2 aromatic carbocycles. The van der Waals surface area contributed by atoms with Crippen molar-refractivity contribution >= 4 is 63.8 Å². The number of nitrogens with two attached hydrogens (primary N) is 1. The summed E-state index contributed by atoms with van der Waals surface area (Å²) in [6.45, 7) is 8.87. The molecule has 0 bridgehead atoms. The van der Waals surface area contributed by atoms with Gasteiger partial charge in [-0.25, -0.2) is 0 Å². The highest BCUT2D eigenvalue weighted by Gasteiger charge is 2.46. The van der Waals surface area contributed by atoms with Crippen LogP contribution >= 0.6 is 23.5 Å². The van der Waals surface area contributed by atoms with Gasteiger partial charge in [-0.2, -0.15) is 0 Å². The smallest absolute Gasteiger partial charge is 0.262 e. The topological polar surface area (TPSA) is 133 Å². The maximum atomic E-state index is 14.6. The van der Waals surface area contributed by atoms with E-state index in [-0.39, 0.29) is 48.2 Å². The SMILES string of the molecule is CCSc1cc2c3c(c(SCC)cc4c3c1C(=O)N(CCCCCCNC(=O)[C@@H](N)CC(C)C)C4=O)C(=O)N([C@@H]1CCCC[C@H]1N(C)C)C2=O. The van der Waals surface area contributed by atoms with Gasteiger partial charge in [-0.15, -0.1) is 23.5 Å². The van der Waals surface area contributed by atoms with Gasteiger partial charge < -0.3 is 16.0 Å². The number of thioether (sulfide) groups is 2. The van der Waals surface area contributed by atoms with Crippen molar-refractivity contribution in [3.63, 3.8) is 0 Å². The number of carbonyl (C=O) groups excluding carboxylic acids is 5. The van der Waals surface area contributed by atoms with Crippen molar-refractivity contribution in [3.8, 4) is 0 Å². The lowest BCUT2D eigenvalue weighted by Crippen LogP contribution is -2.56. The molecule has 3 atom stereocenters. The molecule has 2 heterocycles. The van der Waals surface area contributed by atoms with E-state index in [0.29, 0.717) is 79.6 Å². The van der Waals surface area contributed by atoms with Crippen LogP contribution in [0.4, 0.5) is 0 Å². The number of nitrogens with one attached hydrogen (secondary N) is 1. The molecule has 0 saturated heterocycles. The van der Waals surface area contributed by atoms with Crippen molar-refractivity contribution < 1.29 is 24.0 Å². The van der Waals surface area contributed by atoms with Crippen LogP contribution in [-0.4, -0.2) is 101 Å². The predicted molar refractivity (Wildman–Crippen MR) is 201 cm³/mol. The van der Waals surface area contributed by atoms with E-state index < -0.39 is 6.04 Å². The Balaban J connectivity index is 1.43. The summed E-state index contributed by atoms with van der Waals surface area (Å²) in [5, 5.41) is 3.81. The van der Waals surface area contributed by atoms with Crippen LogP contribution in [0.3, 0.4) is 0 Å². The number of carbonyl (C=O) groups is 5. The van der Waals surface area contributed by atoms with E-state index in [0.717, 1.165) is 44.9 Å². The molecule has 50 heavy (non-hydrogen) atoms. The molecule has 0 radical (unpaired) electrons. The molecule has 0 aromatic heterocycles. The second kappa shape index (κ2) is 16.6. The van der Waals surface area contributed by atoms with E-state index in [2.05, 4.69) is 10.2 Å². The van der Waals surface area contributed by atoms with Crippen LogP contribution in [0.5, 0.6) is 0 Å². The molecule has 272 valence electrons. The summed E-state index contributed by atoms with van der Waals surface area (Å²) in [6.07, 6.45) is 7.31. The second-order valence-corrected chi connectivity index (χ2v) is 16.9. The highest BCUT2D eigenvalue weighted by atomic mass is 32.2. The van der Waals surface area contributed by atoms with E-state index in [1.165, 1.54) is 33.3 Å². The fraction of sp³-hybridized carbons (Fsp3) is 0.605. The third kappa shape index (κ3) is 7.49. The van der Waals surface area contributed by atoms with E-state index in [4.69, 9.17) is 5.73 Å². The molecule has 1 aliphatic carbocycles. The van der Waals surface area contributed by atoms with Gasteiger partial charge in [0.1, 0.15) is 0 Å². The first-order valence-corrected chi connectivity index (χ1v) is 20.3. The standard InChI is InChI=1S/C38H53N5O5S2/c1-7-49-28-21-24-31-30-23(20-29(50-8-2)33(31)38(48)43(36(24)46)27-16-12-11-15-26(27)41(5)6)35(45)42(37(47)32(28)30)18-14-10-9-13-17-40-34(44)25(39)19-22(3)4/h20-22,25-27H,7-19,39H2,1-6H3,(H,40,44)/t25-,26+,27+/m0/s1. The maximum Gasteiger partial charge on any atom is 0.262 e. The fourth-order valence-corrected chi connectivity index (χ4v) is 9.50. The molecule has 5 rings (SSSR count). The Hall–Kier alpha value is -2.93. The van der Waals surface area contributed by atoms with Crippen LogP contribution in [0.25, 0.3) is 10.8 Å². The van der Waals surface area contributed by atoms with Crippen molar-refractivity contribution in [2.24, 2.45) is 11.7 Å². The fourth-order valence-electron chi connectivity index (χ4n) is 7.81. The Bertz CT molecular complexity index is 1660. The Morgan fingerprint density at radius 1 is 0.860 bits per heavy atom. The summed E-state index contributed by atoms with van der Waals surface area (Å²) in [5.41, 5.74) is 7.62. The van der Waals surface area contributed by atoms with E-state index in [9.17, 15) is 24.0 Å². The van der Waals surface area contributed by atoms with E-state index >= 15 is 0 Å². The van der Waals surface area contributed by atoms with E-state index in [1.807, 2.05) is 47.9 Å². The van der Waals surface area contributed by atoms with Crippen LogP contribution in [-0.2, 0) is 4.79 Å². The molecule has 3 aliphatic rings. The van der Waals surface area contributed by atoms with Crippen molar-refractivity contribution in [3.05, 3.63) is 34.4 Å². The van der Waals surface area contributed by atoms with Crippen LogP contribution in [0.15, 0.2) is 21.9 Å². The van der Waals surface area contributed by atoms with E-state index in [1.54, 1.807) is 6.07 Å². The molecule has 5 amide bonds. The van der Waals surface area contributed by atoms with Gasteiger partial charge in [0.25, 0.3) is 23.6 Å². The largest absolute Gasteiger partial charge is 0.355 e. The molecule has 0 spiro atoms. The Labute approximate surface area is 305 Å². The molecule has 2 aromatic rings. The van der Waals surface area contributed by atoms with Crippen LogP contribution in [0, 0.1) is 5.92 Å². The summed E-state index contributed by atoms with van der Waals surface area (Å²) in [6, 6.07) is 2.90. The first-order chi connectivity index (χ1) is 23.9. The minimum absolute atomic E-state index is 0.0568. The highest BCUT2D eigenvalue weighted by molar-refractivity contribution is 7.99. The average molecular weight is 724 g/mol. The van der Waals surface area contributed by atoms with Gasteiger partial charge >= 0.3 is 0 Å². The zero-order valence-corrected chi connectivity index (χ0v) is 32.1. The number of rotatable bonds is 16. The Kier molecular flexibility index (Phi) is 12.7. The number of unbranched alkanes of at least 4 members (excludes halogenated alkanes) is 3. The van der Waals surface area contributed by atoms with Crippen molar-refractivity contribution in [2.45, 2.75) is 113 Å². The zero-order valence-electron chi connectivity index (χ0n) is 30.4. The number of amides is 5. The number of hydrogen-bond donors (Lipinski definition) is 2. The second-order valence-electron chi connectivity index (χ2n) is 14.3. The Morgan fingerprint density at radius 2 is 1.44 bits per heavy atom. The zero-order chi connectivity index (χ0) is 36.3. The monoisotopic (exact) mass is 723 g/mol. The van der Waals surface area contributed by atoms with Gasteiger partial charge in [-0.3, -0.25) is 33.8 Å². The van der Waals surface area contributed by atoms with Gasteiger partial charge in [0.2, 0.25) is 5.91 Å². The summed E-state index contributed by atoms with van der Waals surface area (Å²) in [5.74, 6) is 0.142. The summed E-state index contributed by atoms with van der Waals surface area (Å²) in [4.78, 5) is 76.0. The molecular formula is C38H53N5O5S2. The van der Waals surface area contributed by atoms with Crippen molar-refractivity contribution in [1.29, 1.82) is 0 Å². The average Bonchev–Trinajstić information content (AvgIpc) is 3.07. The van der Waals surface area contributed by atoms with Gasteiger partial charge in [-0.05, 0) is 75.8 Å². The third-order valence-corrected chi connectivity index (χ3v) is 12.0. The van der Waals surface area contributed by atoms with Crippen LogP contribution in [0.2, 0.25) is 0 Å². The van der Waals surface area contributed by atoms with Gasteiger partial charge in [0, 0.05) is 50.8 Å². The third-order valence-electron chi connectivity index (χ3n) is 10.1. The normalized spacial score (nSPS) is 19.7. The molecule has 1 fully saturated rings. The lowest BCUT2D eigenvalue weighted by Gasteiger charge is -2.43. The number of hydrogen-bond acceptors (Lipinski definition) is 9. The number of imide groups is 2. The lowest BCUT2D eigenvalue weighted by molar-refractivity contribution is -0.122.